The number of anilines is 1. The number of allylic oxidation sites excluding steroid dienone is 1. The largest absolute Gasteiger partial charge is 0.417 e. The Morgan fingerprint density at radius 1 is 1.08 bits per heavy atom. The molecule has 0 aliphatic carbocycles. The average Bonchev–Trinajstić information content (AvgIpc) is 3.34. The average molecular weight is 606 g/mol. The second kappa shape index (κ2) is 11.2. The van der Waals surface area contributed by atoms with Crippen LogP contribution in [0.1, 0.15) is 33.0 Å². The number of rotatable bonds is 7. The van der Waals surface area contributed by atoms with E-state index in [9.17, 15) is 35.5 Å². The summed E-state index contributed by atoms with van der Waals surface area (Å²) in [5, 5.41) is 1.14. The molecule has 3 rings (SSSR count). The van der Waals surface area contributed by atoms with Crippen molar-refractivity contribution in [1.29, 1.82) is 0 Å². The lowest BCUT2D eigenvalue weighted by molar-refractivity contribution is -0.140. The van der Waals surface area contributed by atoms with Gasteiger partial charge in [0.1, 0.15) is 11.7 Å². The third-order valence-corrected chi connectivity index (χ3v) is 7.14. The number of Topliss-reactive ketones (excluding diaryl/α,β-unsaturated/α-hetero) is 1. The molecule has 0 saturated carbocycles. The number of carbonyl (C=O) groups is 1. The van der Waals surface area contributed by atoms with Gasteiger partial charge in [0.15, 0.2) is 10.9 Å². The van der Waals surface area contributed by atoms with E-state index in [2.05, 4.69) is 4.98 Å². The number of hydrogen-bond acceptors (Lipinski definition) is 4. The number of benzene rings is 2. The van der Waals surface area contributed by atoms with Crippen LogP contribution in [0.2, 0.25) is 15.1 Å². The molecule has 1 atom stereocenters. The molecule has 0 amide bonds. The highest BCUT2D eigenvalue weighted by Crippen LogP contribution is 2.43. The summed E-state index contributed by atoms with van der Waals surface area (Å²) in [5.74, 6) is -5.16. The van der Waals surface area contributed by atoms with Crippen molar-refractivity contribution >= 4 is 62.9 Å². The Morgan fingerprint density at radius 3 is 2.22 bits per heavy atom. The molecule has 3 nitrogen and oxygen atoms in total. The zero-order valence-electron chi connectivity index (χ0n) is 18.4. The minimum Gasteiger partial charge on any atom is -0.343 e. The SMILES string of the molecule is CN(CC(=O)c1ccc(/C(F)=C/C(c2cc(Cl)c(Cl)c(Cl)c2)C(F)(F)F)cc1C(F)(F)F)c1nccs1. The molecule has 1 heterocycles. The molecule has 0 spiro atoms. The number of ketones is 1. The standard InChI is InChI=1S/C23H14Cl3F7N2OS/c1-35(21-34-4-5-37-21)10-19(36)13-3-2-11(6-15(13)23(31,32)33)18(27)9-14(22(28,29)30)12-7-16(24)20(26)17(25)8-12/h2-9,14H,10H2,1H3/b18-9-. The highest BCUT2D eigenvalue weighted by atomic mass is 35.5. The molecule has 0 radical (unpaired) electrons. The molecule has 0 N–H and O–H groups in total. The number of alkyl halides is 6. The van der Waals surface area contributed by atoms with E-state index in [1.54, 1.807) is 5.38 Å². The minimum absolute atomic E-state index is 0.100. The van der Waals surface area contributed by atoms with Gasteiger partial charge in [-0.3, -0.25) is 4.79 Å². The van der Waals surface area contributed by atoms with Crippen LogP contribution >= 0.6 is 46.1 Å². The molecule has 198 valence electrons. The van der Waals surface area contributed by atoms with E-state index in [4.69, 9.17) is 34.8 Å². The van der Waals surface area contributed by atoms with Gasteiger partial charge < -0.3 is 4.90 Å². The quantitative estimate of drug-likeness (QED) is 0.153. The summed E-state index contributed by atoms with van der Waals surface area (Å²) >= 11 is 18.5. The smallest absolute Gasteiger partial charge is 0.343 e. The van der Waals surface area contributed by atoms with Crippen LogP contribution < -0.4 is 4.90 Å². The van der Waals surface area contributed by atoms with Crippen LogP contribution in [0, 0.1) is 0 Å². The summed E-state index contributed by atoms with van der Waals surface area (Å²) in [6, 6.07) is 3.48. The molecule has 1 aromatic heterocycles. The molecular formula is C23H14Cl3F7N2OS. The maximum Gasteiger partial charge on any atom is 0.417 e. The minimum atomic E-state index is -5.10. The highest BCUT2D eigenvalue weighted by molar-refractivity contribution is 7.13. The summed E-state index contributed by atoms with van der Waals surface area (Å²) in [6.45, 7) is -0.470. The predicted octanol–water partition coefficient (Wildman–Crippen LogP) is 9.10. The first-order valence-corrected chi connectivity index (χ1v) is 12.0. The van der Waals surface area contributed by atoms with Crippen LogP contribution in [-0.4, -0.2) is 30.5 Å². The van der Waals surface area contributed by atoms with E-state index in [1.807, 2.05) is 0 Å². The van der Waals surface area contributed by atoms with Crippen molar-refractivity contribution in [1.82, 2.24) is 4.98 Å². The van der Waals surface area contributed by atoms with Gasteiger partial charge in [0, 0.05) is 29.8 Å². The first-order chi connectivity index (χ1) is 17.1. The Morgan fingerprint density at radius 2 is 1.70 bits per heavy atom. The number of hydrogen-bond donors (Lipinski definition) is 0. The van der Waals surface area contributed by atoms with E-state index in [0.29, 0.717) is 5.13 Å². The molecule has 0 bridgehead atoms. The number of likely N-dealkylation sites (N-methyl/N-ethyl adjacent to an activating group) is 1. The molecule has 14 heteroatoms. The first kappa shape index (κ1) is 29.2. The predicted molar refractivity (Wildman–Crippen MR) is 131 cm³/mol. The van der Waals surface area contributed by atoms with Gasteiger partial charge in [-0.05, 0) is 29.8 Å². The van der Waals surface area contributed by atoms with Gasteiger partial charge in [-0.2, -0.15) is 26.3 Å². The molecule has 0 fully saturated rings. The Hall–Kier alpha value is -2.34. The van der Waals surface area contributed by atoms with Crippen LogP contribution in [0.3, 0.4) is 0 Å². The lowest BCUT2D eigenvalue weighted by Crippen LogP contribution is -2.27. The first-order valence-electron chi connectivity index (χ1n) is 10.0. The van der Waals surface area contributed by atoms with Crippen LogP contribution in [0.25, 0.3) is 5.83 Å². The van der Waals surface area contributed by atoms with Gasteiger partial charge in [-0.15, -0.1) is 11.3 Å². The molecular weight excluding hydrogens is 592 g/mol. The molecule has 0 aliphatic heterocycles. The lowest BCUT2D eigenvalue weighted by atomic mass is 9.95. The van der Waals surface area contributed by atoms with Gasteiger partial charge in [0.05, 0.1) is 27.2 Å². The van der Waals surface area contributed by atoms with E-state index >= 15 is 0 Å². The van der Waals surface area contributed by atoms with Gasteiger partial charge in [0.25, 0.3) is 0 Å². The summed E-state index contributed by atoms with van der Waals surface area (Å²) in [5.41, 5.74) is -3.64. The maximum absolute atomic E-state index is 15.0. The van der Waals surface area contributed by atoms with Crippen LogP contribution in [0.4, 0.5) is 35.9 Å². The van der Waals surface area contributed by atoms with Crippen molar-refractivity contribution in [2.45, 2.75) is 18.3 Å². The summed E-state index contributed by atoms with van der Waals surface area (Å²) < 4.78 is 97.6. The maximum atomic E-state index is 15.0. The number of carbonyl (C=O) groups excluding carboxylic acids is 1. The van der Waals surface area contributed by atoms with Crippen molar-refractivity contribution < 1.29 is 35.5 Å². The van der Waals surface area contributed by atoms with E-state index in [0.717, 1.165) is 35.6 Å². The third-order valence-electron chi connectivity index (χ3n) is 5.06. The Labute approximate surface area is 225 Å². The number of aromatic nitrogens is 1. The number of nitrogens with zero attached hydrogens (tertiary/aromatic N) is 2. The molecule has 2 aromatic carbocycles. The Balaban J connectivity index is 2.02. The molecule has 37 heavy (non-hydrogen) atoms. The van der Waals surface area contributed by atoms with Crippen LogP contribution in [0.5, 0.6) is 0 Å². The molecule has 3 aromatic rings. The molecule has 1 unspecified atom stereocenters. The second-order valence-corrected chi connectivity index (χ2v) is 9.75. The fourth-order valence-corrected chi connectivity index (χ4v) is 4.54. The summed E-state index contributed by atoms with van der Waals surface area (Å²) in [4.78, 5) is 17.9. The summed E-state index contributed by atoms with van der Waals surface area (Å²) in [6.07, 6.45) is -8.60. The summed E-state index contributed by atoms with van der Waals surface area (Å²) in [7, 11) is 1.45. The number of halogens is 10. The topological polar surface area (TPSA) is 33.2 Å². The second-order valence-electron chi connectivity index (χ2n) is 7.68. The van der Waals surface area contributed by atoms with Gasteiger partial charge in [-0.25, -0.2) is 9.37 Å². The fourth-order valence-electron chi connectivity index (χ4n) is 3.32. The molecule has 0 aliphatic rings. The van der Waals surface area contributed by atoms with Gasteiger partial charge in [-0.1, -0.05) is 46.9 Å². The van der Waals surface area contributed by atoms with Crippen molar-refractivity contribution in [3.05, 3.63) is 85.3 Å². The van der Waals surface area contributed by atoms with E-state index in [1.165, 1.54) is 18.1 Å². The van der Waals surface area contributed by atoms with E-state index in [-0.39, 0.29) is 27.2 Å². The zero-order chi connectivity index (χ0) is 27.7. The fraction of sp³-hybridized carbons (Fsp3) is 0.217. The van der Waals surface area contributed by atoms with Crippen molar-refractivity contribution in [3.63, 3.8) is 0 Å². The molecule has 0 saturated heterocycles. The van der Waals surface area contributed by atoms with Crippen LogP contribution in [-0.2, 0) is 6.18 Å². The normalized spacial score (nSPS) is 13.5. The number of thiazole rings is 1. The van der Waals surface area contributed by atoms with Crippen molar-refractivity contribution in [2.24, 2.45) is 0 Å². The van der Waals surface area contributed by atoms with Crippen molar-refractivity contribution in [3.8, 4) is 0 Å². The van der Waals surface area contributed by atoms with E-state index < -0.39 is 58.7 Å². The Bertz CT molecular complexity index is 1300. The third kappa shape index (κ3) is 6.95. The Kier molecular flexibility index (Phi) is 8.83. The zero-order valence-corrected chi connectivity index (χ0v) is 21.5. The van der Waals surface area contributed by atoms with Crippen LogP contribution in [0.15, 0.2) is 48.0 Å². The van der Waals surface area contributed by atoms with Crippen molar-refractivity contribution in [2.75, 3.05) is 18.5 Å². The monoisotopic (exact) mass is 604 g/mol. The highest BCUT2D eigenvalue weighted by Gasteiger charge is 2.41. The van der Waals surface area contributed by atoms with Gasteiger partial charge in [0.2, 0.25) is 0 Å². The lowest BCUT2D eigenvalue weighted by Gasteiger charge is -2.20. The van der Waals surface area contributed by atoms with Gasteiger partial charge >= 0.3 is 12.4 Å².